The van der Waals surface area contributed by atoms with Crippen molar-refractivity contribution in [3.63, 3.8) is 0 Å². The number of hydrogen-bond donors (Lipinski definition) is 3. The van der Waals surface area contributed by atoms with Gasteiger partial charge in [0.2, 0.25) is 0 Å². The van der Waals surface area contributed by atoms with E-state index in [0.717, 1.165) is 6.20 Å². The first-order chi connectivity index (χ1) is 7.83. The summed E-state index contributed by atoms with van der Waals surface area (Å²) in [6, 6.07) is 0. The summed E-state index contributed by atoms with van der Waals surface area (Å²) in [6.45, 7) is 0. The van der Waals surface area contributed by atoms with E-state index in [1.54, 1.807) is 0 Å². The van der Waals surface area contributed by atoms with Crippen LogP contribution in [0, 0.1) is 0 Å². The quantitative estimate of drug-likeness (QED) is 0.706. The Bertz CT molecular complexity index is 394. The van der Waals surface area contributed by atoms with Crippen LogP contribution in [0.3, 0.4) is 0 Å². The Labute approximate surface area is 96.0 Å². The number of nitrogens with two attached hydrogens (primary N) is 1. The summed E-state index contributed by atoms with van der Waals surface area (Å²) in [6.07, 6.45) is -2.31. The largest absolute Gasteiger partial charge is 0.433 e. The van der Waals surface area contributed by atoms with Crippen LogP contribution in [0.2, 0.25) is 0 Å². The summed E-state index contributed by atoms with van der Waals surface area (Å²) in [4.78, 5) is 0. The fourth-order valence-corrected chi connectivity index (χ4v) is 2.27. The number of hydrogen-bond acceptors (Lipinski definition) is 3. The zero-order valence-corrected chi connectivity index (χ0v) is 9.09. The SMILES string of the molecule is NC1(c2cn[nH]c2C(F)(F)F)CCC(O)CC1. The third-order valence-corrected chi connectivity index (χ3v) is 3.31. The van der Waals surface area contributed by atoms with E-state index in [1.165, 1.54) is 0 Å². The number of halogens is 3. The van der Waals surface area contributed by atoms with Crippen LogP contribution in [-0.4, -0.2) is 21.4 Å². The van der Waals surface area contributed by atoms with Crippen LogP contribution in [0.4, 0.5) is 13.2 Å². The number of aromatic amines is 1. The van der Waals surface area contributed by atoms with Crippen LogP contribution in [0.25, 0.3) is 0 Å². The van der Waals surface area contributed by atoms with Crippen LogP contribution >= 0.6 is 0 Å². The normalized spacial score (nSPS) is 30.5. The lowest BCUT2D eigenvalue weighted by Crippen LogP contribution is -2.42. The summed E-state index contributed by atoms with van der Waals surface area (Å²) < 4.78 is 38.1. The third-order valence-electron chi connectivity index (χ3n) is 3.31. The number of nitrogens with one attached hydrogen (secondary N) is 1. The molecule has 1 aliphatic rings. The van der Waals surface area contributed by atoms with Crippen molar-refractivity contribution in [2.75, 3.05) is 0 Å². The first-order valence-electron chi connectivity index (χ1n) is 5.41. The summed E-state index contributed by atoms with van der Waals surface area (Å²) in [5, 5.41) is 14.8. The maximum absolute atomic E-state index is 12.7. The Morgan fingerprint density at radius 3 is 2.53 bits per heavy atom. The number of aliphatic hydroxyl groups excluding tert-OH is 1. The molecule has 0 atom stereocenters. The van der Waals surface area contributed by atoms with Gasteiger partial charge >= 0.3 is 6.18 Å². The van der Waals surface area contributed by atoms with Crippen LogP contribution in [0.5, 0.6) is 0 Å². The van der Waals surface area contributed by atoms with E-state index in [9.17, 15) is 18.3 Å². The fourth-order valence-electron chi connectivity index (χ4n) is 2.27. The minimum Gasteiger partial charge on any atom is -0.393 e. The summed E-state index contributed by atoms with van der Waals surface area (Å²) in [5.41, 5.74) is 4.09. The third kappa shape index (κ3) is 2.30. The number of aromatic nitrogens is 2. The van der Waals surface area contributed by atoms with Crippen LogP contribution in [-0.2, 0) is 11.7 Å². The van der Waals surface area contributed by atoms with Gasteiger partial charge in [0.05, 0.1) is 12.3 Å². The van der Waals surface area contributed by atoms with Crippen molar-refractivity contribution >= 4 is 0 Å². The van der Waals surface area contributed by atoms with E-state index in [0.29, 0.717) is 25.7 Å². The van der Waals surface area contributed by atoms with Crippen LogP contribution < -0.4 is 5.73 Å². The van der Waals surface area contributed by atoms with E-state index in [1.807, 2.05) is 5.10 Å². The number of nitrogens with zero attached hydrogens (tertiary/aromatic N) is 1. The lowest BCUT2D eigenvalue weighted by Gasteiger charge is -2.35. The average Bonchev–Trinajstić information content (AvgIpc) is 2.71. The molecule has 4 nitrogen and oxygen atoms in total. The molecule has 2 rings (SSSR count). The standard InChI is InChI=1S/C10H14F3N3O/c11-10(12,13)8-7(5-15-16-8)9(14)3-1-6(17)2-4-9/h5-6,17H,1-4,14H2,(H,15,16). The molecule has 0 radical (unpaired) electrons. The smallest absolute Gasteiger partial charge is 0.393 e. The van der Waals surface area contributed by atoms with E-state index in [2.05, 4.69) is 5.10 Å². The van der Waals surface area contributed by atoms with Crippen LogP contribution in [0.15, 0.2) is 6.20 Å². The van der Waals surface area contributed by atoms with Crippen molar-refractivity contribution in [3.8, 4) is 0 Å². The van der Waals surface area contributed by atoms with Gasteiger partial charge in [0.25, 0.3) is 0 Å². The highest BCUT2D eigenvalue weighted by atomic mass is 19.4. The van der Waals surface area contributed by atoms with Crippen molar-refractivity contribution in [2.45, 2.75) is 43.5 Å². The number of H-pyrrole nitrogens is 1. The van der Waals surface area contributed by atoms with Gasteiger partial charge in [0, 0.05) is 11.1 Å². The Hall–Kier alpha value is -1.08. The minimum atomic E-state index is -4.48. The zero-order chi connectivity index (χ0) is 12.7. The van der Waals surface area contributed by atoms with Crippen molar-refractivity contribution < 1.29 is 18.3 Å². The lowest BCUT2D eigenvalue weighted by atomic mass is 9.76. The summed E-state index contributed by atoms with van der Waals surface area (Å²) in [5.74, 6) is 0. The molecule has 0 spiro atoms. The molecule has 0 aliphatic heterocycles. The lowest BCUT2D eigenvalue weighted by molar-refractivity contribution is -0.142. The first-order valence-corrected chi connectivity index (χ1v) is 5.41. The van der Waals surface area contributed by atoms with E-state index >= 15 is 0 Å². The molecular formula is C10H14F3N3O. The number of aliphatic hydroxyl groups is 1. The van der Waals surface area contributed by atoms with Gasteiger partial charge in [0.15, 0.2) is 0 Å². The number of alkyl halides is 3. The Morgan fingerprint density at radius 1 is 1.41 bits per heavy atom. The highest BCUT2D eigenvalue weighted by Crippen LogP contribution is 2.40. The van der Waals surface area contributed by atoms with Gasteiger partial charge in [-0.25, -0.2) is 0 Å². The molecule has 0 unspecified atom stereocenters. The maximum Gasteiger partial charge on any atom is 0.433 e. The summed E-state index contributed by atoms with van der Waals surface area (Å²) in [7, 11) is 0. The molecule has 17 heavy (non-hydrogen) atoms. The molecule has 0 saturated heterocycles. The predicted octanol–water partition coefficient (Wildman–Crippen LogP) is 1.52. The molecule has 1 heterocycles. The van der Waals surface area contributed by atoms with Crippen molar-refractivity contribution in [2.24, 2.45) is 5.73 Å². The van der Waals surface area contributed by atoms with Crippen molar-refractivity contribution in [3.05, 3.63) is 17.5 Å². The van der Waals surface area contributed by atoms with E-state index < -0.39 is 23.5 Å². The summed E-state index contributed by atoms with van der Waals surface area (Å²) >= 11 is 0. The average molecular weight is 249 g/mol. The van der Waals surface area contributed by atoms with Gasteiger partial charge in [-0.3, -0.25) is 5.10 Å². The fraction of sp³-hybridized carbons (Fsp3) is 0.700. The molecule has 1 saturated carbocycles. The molecule has 0 bridgehead atoms. The monoisotopic (exact) mass is 249 g/mol. The molecular weight excluding hydrogens is 235 g/mol. The Kier molecular flexibility index (Phi) is 2.90. The van der Waals surface area contributed by atoms with E-state index in [4.69, 9.17) is 5.73 Å². The molecule has 96 valence electrons. The molecule has 0 aromatic carbocycles. The first kappa shape index (κ1) is 12.4. The second kappa shape index (κ2) is 3.99. The van der Waals surface area contributed by atoms with Gasteiger partial charge in [-0.15, -0.1) is 0 Å². The molecule has 0 amide bonds. The second-order valence-electron chi connectivity index (χ2n) is 4.54. The number of rotatable bonds is 1. The minimum absolute atomic E-state index is 0.00287. The predicted molar refractivity (Wildman–Crippen MR) is 53.9 cm³/mol. The van der Waals surface area contributed by atoms with Crippen molar-refractivity contribution in [1.29, 1.82) is 0 Å². The Morgan fingerprint density at radius 2 is 2.00 bits per heavy atom. The van der Waals surface area contributed by atoms with Gasteiger partial charge in [0.1, 0.15) is 5.69 Å². The topological polar surface area (TPSA) is 74.9 Å². The highest BCUT2D eigenvalue weighted by Gasteiger charge is 2.43. The highest BCUT2D eigenvalue weighted by molar-refractivity contribution is 5.28. The van der Waals surface area contributed by atoms with Crippen molar-refractivity contribution in [1.82, 2.24) is 10.2 Å². The molecule has 1 aromatic rings. The van der Waals surface area contributed by atoms with Gasteiger partial charge in [-0.2, -0.15) is 18.3 Å². The molecule has 1 aromatic heterocycles. The molecule has 1 aliphatic carbocycles. The molecule has 7 heteroatoms. The molecule has 1 fully saturated rings. The van der Waals surface area contributed by atoms with E-state index in [-0.39, 0.29) is 5.56 Å². The Balaban J connectivity index is 2.31. The second-order valence-corrected chi connectivity index (χ2v) is 4.54. The maximum atomic E-state index is 12.7. The van der Waals surface area contributed by atoms with Gasteiger partial charge < -0.3 is 10.8 Å². The van der Waals surface area contributed by atoms with Crippen LogP contribution in [0.1, 0.15) is 36.9 Å². The zero-order valence-electron chi connectivity index (χ0n) is 9.09. The van der Waals surface area contributed by atoms with Gasteiger partial charge in [-0.05, 0) is 25.7 Å². The van der Waals surface area contributed by atoms with Gasteiger partial charge in [-0.1, -0.05) is 0 Å². The molecule has 4 N–H and O–H groups in total.